The molecular weight excluding hydrogens is 256 g/mol. The van der Waals surface area contributed by atoms with Crippen LogP contribution in [0.25, 0.3) is 0 Å². The minimum absolute atomic E-state index is 0.193. The summed E-state index contributed by atoms with van der Waals surface area (Å²) < 4.78 is 6.18. The SMILES string of the molecule is CC(C)SCC(NN)C1CCOC2(CCCCC2)C1. The first-order chi connectivity index (χ1) is 9.15. The van der Waals surface area contributed by atoms with Gasteiger partial charge in [0.1, 0.15) is 0 Å². The lowest BCUT2D eigenvalue weighted by atomic mass is 9.74. The Hall–Kier alpha value is 0.230. The number of ether oxygens (including phenoxy) is 1. The van der Waals surface area contributed by atoms with Crippen molar-refractivity contribution in [2.24, 2.45) is 11.8 Å². The van der Waals surface area contributed by atoms with Crippen LogP contribution in [-0.4, -0.2) is 29.3 Å². The molecule has 4 heteroatoms. The van der Waals surface area contributed by atoms with Crippen molar-refractivity contribution in [3.8, 4) is 0 Å². The van der Waals surface area contributed by atoms with Crippen molar-refractivity contribution >= 4 is 11.8 Å². The van der Waals surface area contributed by atoms with E-state index in [1.54, 1.807) is 0 Å². The van der Waals surface area contributed by atoms with Gasteiger partial charge in [-0.1, -0.05) is 33.1 Å². The first kappa shape index (κ1) is 15.6. The summed E-state index contributed by atoms with van der Waals surface area (Å²) in [4.78, 5) is 0. The zero-order chi connectivity index (χ0) is 13.7. The lowest BCUT2D eigenvalue weighted by Gasteiger charge is -2.45. The quantitative estimate of drug-likeness (QED) is 0.602. The molecule has 2 aliphatic rings. The molecule has 1 saturated carbocycles. The van der Waals surface area contributed by atoms with Crippen molar-refractivity contribution in [2.45, 2.75) is 75.7 Å². The van der Waals surface area contributed by atoms with Crippen LogP contribution in [0.3, 0.4) is 0 Å². The summed E-state index contributed by atoms with van der Waals surface area (Å²) in [5, 5.41) is 0.680. The number of rotatable bonds is 5. The van der Waals surface area contributed by atoms with Crippen molar-refractivity contribution in [3.63, 3.8) is 0 Å². The predicted octanol–water partition coefficient (Wildman–Crippen LogP) is 3.09. The lowest BCUT2D eigenvalue weighted by Crippen LogP contribution is -2.50. The van der Waals surface area contributed by atoms with E-state index in [9.17, 15) is 0 Å². The van der Waals surface area contributed by atoms with Gasteiger partial charge in [-0.15, -0.1) is 0 Å². The molecule has 2 rings (SSSR count). The Morgan fingerprint density at radius 1 is 1.32 bits per heavy atom. The van der Waals surface area contributed by atoms with Gasteiger partial charge in [0.2, 0.25) is 0 Å². The number of nitrogens with two attached hydrogens (primary N) is 1. The molecule has 3 nitrogen and oxygen atoms in total. The third-order valence-corrected chi connectivity index (χ3v) is 5.91. The minimum Gasteiger partial charge on any atom is -0.375 e. The van der Waals surface area contributed by atoms with E-state index in [1.165, 1.54) is 38.5 Å². The molecule has 19 heavy (non-hydrogen) atoms. The molecule has 0 radical (unpaired) electrons. The zero-order valence-corrected chi connectivity index (χ0v) is 13.3. The molecule has 1 heterocycles. The molecule has 0 aromatic rings. The smallest absolute Gasteiger partial charge is 0.0685 e. The van der Waals surface area contributed by atoms with Crippen LogP contribution in [0.2, 0.25) is 0 Å². The molecule has 0 aromatic carbocycles. The zero-order valence-electron chi connectivity index (χ0n) is 12.5. The van der Waals surface area contributed by atoms with Gasteiger partial charge < -0.3 is 4.74 Å². The van der Waals surface area contributed by atoms with Crippen molar-refractivity contribution in [1.29, 1.82) is 0 Å². The van der Waals surface area contributed by atoms with Crippen LogP contribution in [0.15, 0.2) is 0 Å². The Morgan fingerprint density at radius 3 is 2.68 bits per heavy atom. The van der Waals surface area contributed by atoms with E-state index < -0.39 is 0 Å². The van der Waals surface area contributed by atoms with Gasteiger partial charge in [0.15, 0.2) is 0 Å². The summed E-state index contributed by atoms with van der Waals surface area (Å²) in [7, 11) is 0. The van der Waals surface area contributed by atoms with Crippen LogP contribution in [0, 0.1) is 5.92 Å². The fourth-order valence-electron chi connectivity index (χ4n) is 3.57. The Labute approximate surface area is 122 Å². The number of nitrogens with one attached hydrogen (secondary N) is 1. The van der Waals surface area contributed by atoms with E-state index in [2.05, 4.69) is 19.3 Å². The standard InChI is InChI=1S/C15H30N2OS/c1-12(2)19-11-14(17-16)13-6-9-18-15(10-13)7-4-3-5-8-15/h12-14,17H,3-11,16H2,1-2H3. The Kier molecular flexibility index (Phi) is 6.00. The molecule has 2 atom stereocenters. The fraction of sp³-hybridized carbons (Fsp3) is 1.00. The summed E-state index contributed by atoms with van der Waals surface area (Å²) in [6.45, 7) is 5.44. The number of hydrazine groups is 1. The van der Waals surface area contributed by atoms with E-state index in [0.29, 0.717) is 17.2 Å². The number of hydrogen-bond donors (Lipinski definition) is 2. The van der Waals surface area contributed by atoms with Crippen LogP contribution in [-0.2, 0) is 4.74 Å². The third-order valence-electron chi connectivity index (χ3n) is 4.69. The number of thioether (sulfide) groups is 1. The normalized spacial score (nSPS) is 28.7. The molecule has 0 aromatic heterocycles. The van der Waals surface area contributed by atoms with Gasteiger partial charge in [0.25, 0.3) is 0 Å². The van der Waals surface area contributed by atoms with E-state index in [1.807, 2.05) is 11.8 Å². The second-order valence-corrected chi connectivity index (χ2v) is 8.11. The van der Waals surface area contributed by atoms with Crippen LogP contribution >= 0.6 is 11.8 Å². The van der Waals surface area contributed by atoms with Crippen LogP contribution < -0.4 is 11.3 Å². The Morgan fingerprint density at radius 2 is 2.05 bits per heavy atom. The Balaban J connectivity index is 1.90. The average molecular weight is 286 g/mol. The molecule has 1 aliphatic heterocycles. The first-order valence-corrected chi connectivity index (χ1v) is 8.92. The van der Waals surface area contributed by atoms with E-state index in [0.717, 1.165) is 18.8 Å². The molecule has 2 unspecified atom stereocenters. The molecule has 1 saturated heterocycles. The maximum Gasteiger partial charge on any atom is 0.0685 e. The molecule has 112 valence electrons. The summed E-state index contributed by atoms with van der Waals surface area (Å²) in [5.74, 6) is 7.61. The first-order valence-electron chi connectivity index (χ1n) is 7.87. The average Bonchev–Trinajstić information content (AvgIpc) is 2.40. The molecule has 1 spiro atoms. The maximum absolute atomic E-state index is 6.18. The fourth-order valence-corrected chi connectivity index (χ4v) is 4.53. The molecule has 2 fully saturated rings. The van der Waals surface area contributed by atoms with Gasteiger partial charge in [0, 0.05) is 18.4 Å². The summed E-state index contributed by atoms with van der Waals surface area (Å²) in [6, 6.07) is 0.440. The van der Waals surface area contributed by atoms with Crippen molar-refractivity contribution in [1.82, 2.24) is 5.43 Å². The van der Waals surface area contributed by atoms with Gasteiger partial charge in [-0.3, -0.25) is 11.3 Å². The largest absolute Gasteiger partial charge is 0.375 e. The van der Waals surface area contributed by atoms with Crippen LogP contribution in [0.1, 0.15) is 58.8 Å². The minimum atomic E-state index is 0.193. The van der Waals surface area contributed by atoms with Gasteiger partial charge in [0.05, 0.1) is 5.60 Å². The lowest BCUT2D eigenvalue weighted by molar-refractivity contribution is -0.120. The highest BCUT2D eigenvalue weighted by molar-refractivity contribution is 7.99. The van der Waals surface area contributed by atoms with Crippen LogP contribution in [0.5, 0.6) is 0 Å². The number of hydrogen-bond acceptors (Lipinski definition) is 4. The summed E-state index contributed by atoms with van der Waals surface area (Å²) in [5.41, 5.74) is 3.27. The summed E-state index contributed by atoms with van der Waals surface area (Å²) in [6.07, 6.45) is 8.96. The van der Waals surface area contributed by atoms with Gasteiger partial charge in [-0.25, -0.2) is 0 Å². The molecular formula is C15H30N2OS. The van der Waals surface area contributed by atoms with E-state index in [-0.39, 0.29) is 5.60 Å². The molecule has 3 N–H and O–H groups in total. The van der Waals surface area contributed by atoms with Gasteiger partial charge in [-0.2, -0.15) is 11.8 Å². The molecule has 0 bridgehead atoms. The highest BCUT2D eigenvalue weighted by Crippen LogP contribution is 2.41. The topological polar surface area (TPSA) is 47.3 Å². The maximum atomic E-state index is 6.18. The highest BCUT2D eigenvalue weighted by atomic mass is 32.2. The van der Waals surface area contributed by atoms with E-state index in [4.69, 9.17) is 10.6 Å². The second kappa shape index (κ2) is 7.30. The van der Waals surface area contributed by atoms with Crippen molar-refractivity contribution in [3.05, 3.63) is 0 Å². The highest BCUT2D eigenvalue weighted by Gasteiger charge is 2.40. The predicted molar refractivity (Wildman–Crippen MR) is 83.2 cm³/mol. The van der Waals surface area contributed by atoms with Gasteiger partial charge in [-0.05, 0) is 36.9 Å². The van der Waals surface area contributed by atoms with E-state index >= 15 is 0 Å². The molecule has 1 aliphatic carbocycles. The van der Waals surface area contributed by atoms with Crippen LogP contribution in [0.4, 0.5) is 0 Å². The molecule has 0 amide bonds. The van der Waals surface area contributed by atoms with Gasteiger partial charge >= 0.3 is 0 Å². The second-order valence-electron chi connectivity index (χ2n) is 6.50. The van der Waals surface area contributed by atoms with Crippen molar-refractivity contribution in [2.75, 3.05) is 12.4 Å². The summed E-state index contributed by atoms with van der Waals surface area (Å²) >= 11 is 2.01. The monoisotopic (exact) mass is 286 g/mol. The Bertz CT molecular complexity index is 261. The third kappa shape index (κ3) is 4.35. The van der Waals surface area contributed by atoms with Crippen molar-refractivity contribution < 1.29 is 4.74 Å².